The maximum atomic E-state index is 12.3. The number of hydrogen-bond acceptors (Lipinski definition) is 1. The summed E-state index contributed by atoms with van der Waals surface area (Å²) >= 11 is 0. The third-order valence-electron chi connectivity index (χ3n) is 4.07. The second-order valence-electron chi connectivity index (χ2n) is 6.06. The SMILES string of the molecule is CC(C)CCC(=O)c1ccc2c(c1)-c1ccccc1C2. The molecule has 0 aromatic heterocycles. The van der Waals surface area contributed by atoms with Crippen LogP contribution >= 0.6 is 0 Å². The molecule has 0 fully saturated rings. The van der Waals surface area contributed by atoms with Crippen LogP contribution in [0.3, 0.4) is 0 Å². The number of carbonyl (C=O) groups is 1. The van der Waals surface area contributed by atoms with Gasteiger partial charge in [0.2, 0.25) is 0 Å². The lowest BCUT2D eigenvalue weighted by atomic mass is 9.97. The van der Waals surface area contributed by atoms with E-state index in [1.165, 1.54) is 22.3 Å². The lowest BCUT2D eigenvalue weighted by Crippen LogP contribution is -2.01. The van der Waals surface area contributed by atoms with Gasteiger partial charge in [0.25, 0.3) is 0 Å². The maximum Gasteiger partial charge on any atom is 0.162 e. The van der Waals surface area contributed by atoms with E-state index in [9.17, 15) is 4.79 Å². The molecule has 2 aromatic carbocycles. The van der Waals surface area contributed by atoms with Crippen molar-refractivity contribution in [3.8, 4) is 11.1 Å². The predicted molar refractivity (Wildman–Crippen MR) is 83.1 cm³/mol. The summed E-state index contributed by atoms with van der Waals surface area (Å²) in [6, 6.07) is 14.7. The van der Waals surface area contributed by atoms with E-state index >= 15 is 0 Å². The minimum absolute atomic E-state index is 0.269. The summed E-state index contributed by atoms with van der Waals surface area (Å²) in [4.78, 5) is 12.3. The number of benzene rings is 2. The molecule has 102 valence electrons. The Hall–Kier alpha value is -1.89. The summed E-state index contributed by atoms with van der Waals surface area (Å²) in [7, 11) is 0. The molecule has 0 heterocycles. The fourth-order valence-corrected chi connectivity index (χ4v) is 2.86. The van der Waals surface area contributed by atoms with Crippen molar-refractivity contribution in [3.05, 3.63) is 59.2 Å². The standard InChI is InChI=1S/C19H20O/c1-13(2)7-10-19(20)16-9-8-15-11-14-5-3-4-6-17(14)18(15)12-16/h3-6,8-9,12-13H,7,10-11H2,1-2H3. The lowest BCUT2D eigenvalue weighted by Gasteiger charge is -2.07. The molecule has 0 bridgehead atoms. The molecule has 0 amide bonds. The summed E-state index contributed by atoms with van der Waals surface area (Å²) < 4.78 is 0. The predicted octanol–water partition coefficient (Wildman–Crippen LogP) is 4.88. The molecule has 0 aliphatic heterocycles. The number of fused-ring (bicyclic) bond motifs is 3. The largest absolute Gasteiger partial charge is 0.294 e. The Morgan fingerprint density at radius 3 is 2.60 bits per heavy atom. The zero-order chi connectivity index (χ0) is 14.1. The van der Waals surface area contributed by atoms with E-state index in [4.69, 9.17) is 0 Å². The summed E-state index contributed by atoms with van der Waals surface area (Å²) in [6.45, 7) is 4.32. The number of hydrogen-bond donors (Lipinski definition) is 0. The van der Waals surface area contributed by atoms with Crippen molar-refractivity contribution >= 4 is 5.78 Å². The molecule has 1 heteroatoms. The van der Waals surface area contributed by atoms with Crippen LogP contribution in [-0.2, 0) is 6.42 Å². The van der Waals surface area contributed by atoms with Crippen molar-refractivity contribution in [2.45, 2.75) is 33.1 Å². The van der Waals surface area contributed by atoms with Crippen molar-refractivity contribution in [1.82, 2.24) is 0 Å². The fourth-order valence-electron chi connectivity index (χ4n) is 2.86. The van der Waals surface area contributed by atoms with E-state index in [-0.39, 0.29) is 5.78 Å². The minimum Gasteiger partial charge on any atom is -0.294 e. The molecule has 0 atom stereocenters. The van der Waals surface area contributed by atoms with Gasteiger partial charge in [-0.3, -0.25) is 4.79 Å². The van der Waals surface area contributed by atoms with E-state index in [1.54, 1.807) is 0 Å². The highest BCUT2D eigenvalue weighted by Crippen LogP contribution is 2.37. The zero-order valence-corrected chi connectivity index (χ0v) is 12.1. The first-order valence-electron chi connectivity index (χ1n) is 7.39. The van der Waals surface area contributed by atoms with E-state index in [0.29, 0.717) is 12.3 Å². The average Bonchev–Trinajstić information content (AvgIpc) is 2.82. The number of rotatable bonds is 4. The highest BCUT2D eigenvalue weighted by atomic mass is 16.1. The average molecular weight is 264 g/mol. The van der Waals surface area contributed by atoms with Crippen LogP contribution in [0.4, 0.5) is 0 Å². The van der Waals surface area contributed by atoms with Gasteiger partial charge in [0.05, 0.1) is 0 Å². The summed E-state index contributed by atoms with van der Waals surface area (Å²) in [5.41, 5.74) is 6.11. The Morgan fingerprint density at radius 2 is 1.80 bits per heavy atom. The fraction of sp³-hybridized carbons (Fsp3) is 0.316. The van der Waals surface area contributed by atoms with Crippen LogP contribution in [0.15, 0.2) is 42.5 Å². The first-order chi connectivity index (χ1) is 9.65. The van der Waals surface area contributed by atoms with Gasteiger partial charge < -0.3 is 0 Å². The van der Waals surface area contributed by atoms with Crippen LogP contribution in [0.1, 0.15) is 48.2 Å². The van der Waals surface area contributed by atoms with Crippen LogP contribution in [0.5, 0.6) is 0 Å². The lowest BCUT2D eigenvalue weighted by molar-refractivity contribution is 0.0975. The van der Waals surface area contributed by atoms with E-state index in [2.05, 4.69) is 50.2 Å². The van der Waals surface area contributed by atoms with E-state index < -0.39 is 0 Å². The normalized spacial score (nSPS) is 12.3. The topological polar surface area (TPSA) is 17.1 Å². The van der Waals surface area contributed by atoms with Crippen molar-refractivity contribution < 1.29 is 4.79 Å². The highest BCUT2D eigenvalue weighted by molar-refractivity contribution is 5.98. The second-order valence-corrected chi connectivity index (χ2v) is 6.06. The molecule has 1 aliphatic rings. The minimum atomic E-state index is 0.269. The van der Waals surface area contributed by atoms with Gasteiger partial charge >= 0.3 is 0 Å². The molecular weight excluding hydrogens is 244 g/mol. The molecule has 0 unspecified atom stereocenters. The molecule has 0 saturated carbocycles. The van der Waals surface area contributed by atoms with Crippen LogP contribution < -0.4 is 0 Å². The molecular formula is C19H20O. The number of ketones is 1. The van der Waals surface area contributed by atoms with Crippen molar-refractivity contribution in [1.29, 1.82) is 0 Å². The molecule has 0 N–H and O–H groups in total. The molecule has 0 spiro atoms. The smallest absolute Gasteiger partial charge is 0.162 e. The first kappa shape index (κ1) is 13.1. The molecule has 0 saturated heterocycles. The zero-order valence-electron chi connectivity index (χ0n) is 12.1. The van der Waals surface area contributed by atoms with E-state index in [0.717, 1.165) is 18.4 Å². The maximum absolute atomic E-state index is 12.3. The summed E-state index contributed by atoms with van der Waals surface area (Å²) in [5, 5.41) is 0. The molecule has 3 rings (SSSR count). The van der Waals surface area contributed by atoms with Crippen LogP contribution in [0.25, 0.3) is 11.1 Å². The Balaban J connectivity index is 1.90. The summed E-state index contributed by atoms with van der Waals surface area (Å²) in [5.74, 6) is 0.847. The second kappa shape index (κ2) is 5.24. The molecule has 1 nitrogen and oxygen atoms in total. The third-order valence-corrected chi connectivity index (χ3v) is 4.07. The first-order valence-corrected chi connectivity index (χ1v) is 7.39. The van der Waals surface area contributed by atoms with Gasteiger partial charge in [-0.2, -0.15) is 0 Å². The van der Waals surface area contributed by atoms with Gasteiger partial charge in [-0.1, -0.05) is 50.2 Å². The molecule has 0 radical (unpaired) electrons. The van der Waals surface area contributed by atoms with Gasteiger partial charge in [-0.15, -0.1) is 0 Å². The van der Waals surface area contributed by atoms with Crippen molar-refractivity contribution in [2.24, 2.45) is 5.92 Å². The Kier molecular flexibility index (Phi) is 3.43. The third kappa shape index (κ3) is 2.40. The van der Waals surface area contributed by atoms with Crippen LogP contribution in [0, 0.1) is 5.92 Å². The van der Waals surface area contributed by atoms with Crippen molar-refractivity contribution in [2.75, 3.05) is 0 Å². The van der Waals surface area contributed by atoms with Gasteiger partial charge in [0.15, 0.2) is 5.78 Å². The van der Waals surface area contributed by atoms with Crippen molar-refractivity contribution in [3.63, 3.8) is 0 Å². The van der Waals surface area contributed by atoms with Gasteiger partial charge in [0.1, 0.15) is 0 Å². The number of Topliss-reactive ketones (excluding diaryl/α,β-unsaturated/α-hetero) is 1. The van der Waals surface area contributed by atoms with Gasteiger partial charge in [-0.05, 0) is 47.1 Å². The van der Waals surface area contributed by atoms with Gasteiger partial charge in [-0.25, -0.2) is 0 Å². The summed E-state index contributed by atoms with van der Waals surface area (Å²) in [6.07, 6.45) is 2.61. The molecule has 1 aliphatic carbocycles. The highest BCUT2D eigenvalue weighted by Gasteiger charge is 2.19. The Morgan fingerprint density at radius 1 is 1.05 bits per heavy atom. The van der Waals surface area contributed by atoms with Crippen LogP contribution in [0.2, 0.25) is 0 Å². The Labute approximate surface area is 120 Å². The van der Waals surface area contributed by atoms with E-state index in [1.807, 2.05) is 6.07 Å². The number of carbonyl (C=O) groups excluding carboxylic acids is 1. The van der Waals surface area contributed by atoms with Gasteiger partial charge in [0, 0.05) is 12.0 Å². The van der Waals surface area contributed by atoms with Crippen LogP contribution in [-0.4, -0.2) is 5.78 Å². The monoisotopic (exact) mass is 264 g/mol. The molecule has 20 heavy (non-hydrogen) atoms. The molecule has 2 aromatic rings. The quantitative estimate of drug-likeness (QED) is 0.614. The Bertz CT molecular complexity index is 653.